The fraction of sp³-hybridized carbons (Fsp3) is 0.526. The molecule has 1 atom stereocenters. The number of hydrogen-bond donors (Lipinski definition) is 2. The van der Waals surface area contributed by atoms with Crippen molar-refractivity contribution in [2.75, 3.05) is 13.2 Å². The van der Waals surface area contributed by atoms with E-state index in [0.29, 0.717) is 5.75 Å². The normalized spacial score (nSPS) is 15.2. The summed E-state index contributed by atoms with van der Waals surface area (Å²) in [6, 6.07) is 5.05. The number of amides is 1. The Labute approximate surface area is 160 Å². The van der Waals surface area contributed by atoms with Gasteiger partial charge in [0.05, 0.1) is 4.90 Å². The third kappa shape index (κ3) is 5.45. The second kappa shape index (κ2) is 9.22. The first kappa shape index (κ1) is 21.2. The lowest BCUT2D eigenvalue weighted by Crippen LogP contribution is -2.52. The first-order valence-corrected chi connectivity index (χ1v) is 10.3. The zero-order valence-electron chi connectivity index (χ0n) is 15.8. The third-order valence-corrected chi connectivity index (χ3v) is 6.24. The highest BCUT2D eigenvalue weighted by atomic mass is 32.2. The Morgan fingerprint density at radius 1 is 1.33 bits per heavy atom. The van der Waals surface area contributed by atoms with Crippen LogP contribution in [-0.2, 0) is 14.8 Å². The van der Waals surface area contributed by atoms with Crippen LogP contribution in [0.1, 0.15) is 33.6 Å². The molecule has 1 fully saturated rings. The molecule has 0 heterocycles. The zero-order valence-corrected chi connectivity index (χ0v) is 16.6. The maximum Gasteiger partial charge on any atom is 0.262 e. The van der Waals surface area contributed by atoms with Gasteiger partial charge in [-0.1, -0.05) is 19.8 Å². The minimum absolute atomic E-state index is 0.0773. The average Bonchev–Trinajstić information content (AvgIpc) is 3.45. The number of rotatable bonds is 9. The number of nitrogens with one attached hydrogen (secondary N) is 1. The van der Waals surface area contributed by atoms with Gasteiger partial charge in [0, 0.05) is 6.54 Å². The maximum absolute atomic E-state index is 13.2. The van der Waals surface area contributed by atoms with Gasteiger partial charge < -0.3 is 4.74 Å². The maximum atomic E-state index is 13.2. The van der Waals surface area contributed by atoms with E-state index < -0.39 is 22.0 Å². The minimum Gasteiger partial charge on any atom is -0.481 e. The van der Waals surface area contributed by atoms with Gasteiger partial charge in [0.1, 0.15) is 18.4 Å². The van der Waals surface area contributed by atoms with Gasteiger partial charge in [0.2, 0.25) is 10.0 Å². The van der Waals surface area contributed by atoms with Crippen LogP contribution < -0.4 is 10.2 Å². The Balaban J connectivity index is 2.31. The smallest absolute Gasteiger partial charge is 0.262 e. The summed E-state index contributed by atoms with van der Waals surface area (Å²) in [6.45, 7) is 5.69. The number of carbonyl (C=O) groups excluding carboxylic acids is 1. The summed E-state index contributed by atoms with van der Waals surface area (Å²) >= 11 is 0. The molecule has 0 aliphatic heterocycles. The summed E-state index contributed by atoms with van der Waals surface area (Å²) < 4.78 is 33.1. The highest BCUT2D eigenvalue weighted by molar-refractivity contribution is 7.89. The van der Waals surface area contributed by atoms with Crippen LogP contribution in [0.5, 0.6) is 5.75 Å². The first-order chi connectivity index (χ1) is 12.8. The van der Waals surface area contributed by atoms with Crippen molar-refractivity contribution in [2.45, 2.75) is 44.6 Å². The van der Waals surface area contributed by atoms with E-state index in [1.165, 1.54) is 16.4 Å². The lowest BCUT2D eigenvalue weighted by atomic mass is 10.0. The van der Waals surface area contributed by atoms with Crippen molar-refractivity contribution < 1.29 is 23.2 Å². The number of hydroxylamine groups is 1. The summed E-state index contributed by atoms with van der Waals surface area (Å²) in [7, 11) is -3.92. The van der Waals surface area contributed by atoms with Crippen LogP contribution >= 0.6 is 0 Å². The van der Waals surface area contributed by atoms with Gasteiger partial charge in [-0.2, -0.15) is 4.31 Å². The van der Waals surface area contributed by atoms with E-state index in [0.717, 1.165) is 12.8 Å². The van der Waals surface area contributed by atoms with Crippen LogP contribution in [0.4, 0.5) is 0 Å². The standard InChI is InChI=1S/C19H26N2O5S/c1-4-5-12-26-16-8-10-17(11-9-16)27(24,25)21(13-15-6-7-15)18(14(2)3)19(22)20-23/h8-11,14-15,18,23H,6-7,12-13H2,1-3H3,(H,20,22). The van der Waals surface area contributed by atoms with Crippen LogP contribution in [0.15, 0.2) is 29.2 Å². The van der Waals surface area contributed by atoms with Crippen molar-refractivity contribution in [1.29, 1.82) is 0 Å². The monoisotopic (exact) mass is 394 g/mol. The Hall–Kier alpha value is -2.08. The van der Waals surface area contributed by atoms with E-state index >= 15 is 0 Å². The van der Waals surface area contributed by atoms with Gasteiger partial charge >= 0.3 is 0 Å². The zero-order chi connectivity index (χ0) is 20.0. The minimum atomic E-state index is -3.92. The van der Waals surface area contributed by atoms with Crippen molar-refractivity contribution in [1.82, 2.24) is 9.79 Å². The average molecular weight is 394 g/mol. The number of nitrogens with zero attached hydrogens (tertiary/aromatic N) is 1. The molecule has 2 rings (SSSR count). The quantitative estimate of drug-likeness (QED) is 0.379. The van der Waals surface area contributed by atoms with Gasteiger partial charge in [0.25, 0.3) is 5.91 Å². The molecule has 27 heavy (non-hydrogen) atoms. The Morgan fingerprint density at radius 3 is 2.44 bits per heavy atom. The van der Waals surface area contributed by atoms with E-state index in [-0.39, 0.29) is 29.9 Å². The van der Waals surface area contributed by atoms with Crippen LogP contribution in [0, 0.1) is 23.7 Å². The largest absolute Gasteiger partial charge is 0.481 e. The van der Waals surface area contributed by atoms with E-state index in [1.807, 2.05) is 0 Å². The van der Waals surface area contributed by atoms with E-state index in [4.69, 9.17) is 9.94 Å². The van der Waals surface area contributed by atoms with E-state index in [1.54, 1.807) is 38.4 Å². The summed E-state index contributed by atoms with van der Waals surface area (Å²) in [5.41, 5.74) is 1.60. The van der Waals surface area contributed by atoms with Gasteiger partial charge in [-0.25, -0.2) is 13.9 Å². The molecule has 1 unspecified atom stereocenters. The first-order valence-electron chi connectivity index (χ1n) is 8.89. The molecule has 0 spiro atoms. The van der Waals surface area contributed by atoms with Gasteiger partial charge in [-0.15, -0.1) is 5.92 Å². The molecular formula is C19H26N2O5S. The molecule has 1 saturated carbocycles. The molecule has 1 aliphatic rings. The number of carbonyl (C=O) groups is 1. The highest BCUT2D eigenvalue weighted by Crippen LogP contribution is 2.34. The van der Waals surface area contributed by atoms with Crippen molar-refractivity contribution in [3.63, 3.8) is 0 Å². The lowest BCUT2D eigenvalue weighted by molar-refractivity contribution is -0.134. The molecule has 7 nitrogen and oxygen atoms in total. The second-order valence-electron chi connectivity index (χ2n) is 6.87. The predicted molar refractivity (Wildman–Crippen MR) is 101 cm³/mol. The molecule has 0 aromatic heterocycles. The van der Waals surface area contributed by atoms with Gasteiger partial charge in [0.15, 0.2) is 0 Å². The van der Waals surface area contributed by atoms with Gasteiger partial charge in [-0.3, -0.25) is 10.0 Å². The highest BCUT2D eigenvalue weighted by Gasteiger charge is 2.41. The summed E-state index contributed by atoms with van der Waals surface area (Å²) in [6.07, 6.45) is 1.87. The van der Waals surface area contributed by atoms with E-state index in [2.05, 4.69) is 11.8 Å². The molecule has 0 radical (unpaired) electrons. The van der Waals surface area contributed by atoms with Crippen LogP contribution in [0.25, 0.3) is 0 Å². The molecule has 0 bridgehead atoms. The van der Waals surface area contributed by atoms with Crippen LogP contribution in [-0.4, -0.2) is 43.0 Å². The fourth-order valence-corrected chi connectivity index (χ4v) is 4.58. The fourth-order valence-electron chi connectivity index (χ4n) is 2.78. The number of benzene rings is 1. The molecule has 1 aromatic rings. The summed E-state index contributed by atoms with van der Waals surface area (Å²) in [5.74, 6) is 5.20. The van der Waals surface area contributed by atoms with Crippen LogP contribution in [0.3, 0.4) is 0 Å². The number of hydrogen-bond acceptors (Lipinski definition) is 5. The number of ether oxygens (including phenoxy) is 1. The lowest BCUT2D eigenvalue weighted by Gasteiger charge is -2.32. The predicted octanol–water partition coefficient (Wildman–Crippen LogP) is 2.02. The Kier molecular flexibility index (Phi) is 7.25. The SMILES string of the molecule is CC#CCOc1ccc(S(=O)(=O)N(CC2CC2)C(C(=O)NO)C(C)C)cc1. The van der Waals surface area contributed by atoms with Gasteiger partial charge in [-0.05, 0) is 55.9 Å². The van der Waals surface area contributed by atoms with Crippen molar-refractivity contribution in [3.8, 4) is 17.6 Å². The Morgan fingerprint density at radius 2 is 1.96 bits per heavy atom. The van der Waals surface area contributed by atoms with Crippen molar-refractivity contribution >= 4 is 15.9 Å². The van der Waals surface area contributed by atoms with Crippen molar-refractivity contribution in [3.05, 3.63) is 24.3 Å². The second-order valence-corrected chi connectivity index (χ2v) is 8.76. The molecule has 0 saturated heterocycles. The molecule has 8 heteroatoms. The molecule has 1 aliphatic carbocycles. The molecule has 1 amide bonds. The van der Waals surface area contributed by atoms with E-state index in [9.17, 15) is 13.2 Å². The number of sulfonamides is 1. The Bertz CT molecular complexity index is 805. The molecular weight excluding hydrogens is 368 g/mol. The summed E-state index contributed by atoms with van der Waals surface area (Å²) in [5, 5.41) is 9.08. The van der Waals surface area contributed by atoms with Crippen LogP contribution in [0.2, 0.25) is 0 Å². The molecule has 148 valence electrons. The van der Waals surface area contributed by atoms with Crippen molar-refractivity contribution in [2.24, 2.45) is 11.8 Å². The topological polar surface area (TPSA) is 95.9 Å². The third-order valence-electron chi connectivity index (χ3n) is 4.37. The summed E-state index contributed by atoms with van der Waals surface area (Å²) in [4.78, 5) is 12.3. The molecule has 2 N–H and O–H groups in total. The molecule has 1 aromatic carbocycles.